The van der Waals surface area contributed by atoms with Gasteiger partial charge in [-0.15, -0.1) is 0 Å². The standard InChI is InChI=1S/C14H20FNO3S/c1-2-18-14(17)12(16)7-9-20-10-8-19-13-6-4-3-5-11(13)15/h3-6,12H,2,7-10,16H2,1H3. The molecule has 0 aliphatic rings. The Labute approximate surface area is 122 Å². The molecule has 0 bridgehead atoms. The zero-order chi connectivity index (χ0) is 14.8. The fourth-order valence-electron chi connectivity index (χ4n) is 1.45. The van der Waals surface area contributed by atoms with Crippen LogP contribution in [0.2, 0.25) is 0 Å². The van der Waals surface area contributed by atoms with Crippen LogP contribution in [-0.2, 0) is 9.53 Å². The van der Waals surface area contributed by atoms with Crippen LogP contribution in [0.25, 0.3) is 0 Å². The highest BCUT2D eigenvalue weighted by Crippen LogP contribution is 2.15. The fraction of sp³-hybridized carbons (Fsp3) is 0.500. The first kappa shape index (κ1) is 16.8. The number of carbonyl (C=O) groups excluding carboxylic acids is 1. The quantitative estimate of drug-likeness (QED) is 0.560. The SMILES string of the molecule is CCOC(=O)C(N)CCSCCOc1ccccc1F. The van der Waals surface area contributed by atoms with E-state index in [1.165, 1.54) is 6.07 Å². The number of rotatable bonds is 9. The van der Waals surface area contributed by atoms with E-state index in [4.69, 9.17) is 15.2 Å². The van der Waals surface area contributed by atoms with Crippen LogP contribution in [0.1, 0.15) is 13.3 Å². The van der Waals surface area contributed by atoms with E-state index in [1.54, 1.807) is 36.9 Å². The number of hydrogen-bond acceptors (Lipinski definition) is 5. The first-order valence-corrected chi connectivity index (χ1v) is 7.68. The molecule has 0 saturated carbocycles. The van der Waals surface area contributed by atoms with Crippen LogP contribution in [0.3, 0.4) is 0 Å². The molecule has 0 heterocycles. The molecule has 2 N–H and O–H groups in total. The van der Waals surface area contributed by atoms with Gasteiger partial charge in [0.1, 0.15) is 6.04 Å². The molecule has 1 atom stereocenters. The van der Waals surface area contributed by atoms with Crippen molar-refractivity contribution in [3.63, 3.8) is 0 Å². The van der Waals surface area contributed by atoms with Crippen molar-refractivity contribution >= 4 is 17.7 Å². The lowest BCUT2D eigenvalue weighted by Gasteiger charge is -2.10. The minimum absolute atomic E-state index is 0.260. The fourth-order valence-corrected chi connectivity index (χ4v) is 2.28. The molecule has 0 spiro atoms. The van der Waals surface area contributed by atoms with Gasteiger partial charge in [-0.05, 0) is 31.2 Å². The average Bonchev–Trinajstić information content (AvgIpc) is 2.44. The summed E-state index contributed by atoms with van der Waals surface area (Å²) in [6.07, 6.45) is 0.559. The van der Waals surface area contributed by atoms with Gasteiger partial charge in [-0.1, -0.05) is 12.1 Å². The third-order valence-corrected chi connectivity index (χ3v) is 3.46. The molecular weight excluding hydrogens is 281 g/mol. The summed E-state index contributed by atoms with van der Waals surface area (Å²) in [5.41, 5.74) is 5.66. The maximum atomic E-state index is 13.2. The molecule has 112 valence electrons. The Hall–Kier alpha value is -1.27. The highest BCUT2D eigenvalue weighted by atomic mass is 32.2. The van der Waals surface area contributed by atoms with Gasteiger partial charge in [0.25, 0.3) is 0 Å². The van der Waals surface area contributed by atoms with Gasteiger partial charge < -0.3 is 15.2 Å². The number of carbonyl (C=O) groups is 1. The predicted molar refractivity (Wildman–Crippen MR) is 78.4 cm³/mol. The van der Waals surface area contributed by atoms with Gasteiger partial charge in [0.2, 0.25) is 0 Å². The molecule has 0 aromatic heterocycles. The minimum Gasteiger partial charge on any atom is -0.490 e. The molecule has 0 radical (unpaired) electrons. The van der Waals surface area contributed by atoms with E-state index in [2.05, 4.69) is 0 Å². The lowest BCUT2D eigenvalue weighted by Crippen LogP contribution is -2.32. The van der Waals surface area contributed by atoms with Gasteiger partial charge >= 0.3 is 5.97 Å². The second-order valence-electron chi connectivity index (χ2n) is 4.04. The molecule has 1 unspecified atom stereocenters. The number of esters is 1. The largest absolute Gasteiger partial charge is 0.490 e. The Bertz CT molecular complexity index is 417. The van der Waals surface area contributed by atoms with Crippen LogP contribution >= 0.6 is 11.8 Å². The van der Waals surface area contributed by atoms with E-state index in [0.29, 0.717) is 25.4 Å². The Kier molecular flexibility index (Phi) is 8.06. The molecule has 0 aliphatic carbocycles. The number of thioether (sulfide) groups is 1. The average molecular weight is 301 g/mol. The number of halogens is 1. The van der Waals surface area contributed by atoms with Crippen LogP contribution in [0, 0.1) is 5.82 Å². The molecule has 1 aromatic rings. The molecule has 0 saturated heterocycles. The topological polar surface area (TPSA) is 61.5 Å². The zero-order valence-corrected chi connectivity index (χ0v) is 12.3. The summed E-state index contributed by atoms with van der Waals surface area (Å²) in [6.45, 7) is 2.51. The predicted octanol–water partition coefficient (Wildman–Crippen LogP) is 2.22. The van der Waals surface area contributed by atoms with Crippen LogP contribution in [0.4, 0.5) is 4.39 Å². The number of benzene rings is 1. The number of para-hydroxylation sites is 1. The third kappa shape index (κ3) is 6.25. The van der Waals surface area contributed by atoms with Crippen molar-refractivity contribution in [2.45, 2.75) is 19.4 Å². The normalized spacial score (nSPS) is 11.9. The Morgan fingerprint density at radius 1 is 1.40 bits per heavy atom. The maximum absolute atomic E-state index is 13.2. The molecule has 0 amide bonds. The smallest absolute Gasteiger partial charge is 0.322 e. The van der Waals surface area contributed by atoms with E-state index in [1.807, 2.05) is 0 Å². The number of nitrogens with two attached hydrogens (primary N) is 1. The van der Waals surface area contributed by atoms with E-state index in [0.717, 1.165) is 5.75 Å². The first-order chi connectivity index (χ1) is 9.65. The Morgan fingerprint density at radius 2 is 2.15 bits per heavy atom. The van der Waals surface area contributed by atoms with Gasteiger partial charge in [-0.3, -0.25) is 4.79 Å². The van der Waals surface area contributed by atoms with Crippen molar-refractivity contribution in [3.05, 3.63) is 30.1 Å². The van der Waals surface area contributed by atoms with Crippen molar-refractivity contribution in [3.8, 4) is 5.75 Å². The van der Waals surface area contributed by atoms with Gasteiger partial charge in [0, 0.05) is 5.75 Å². The summed E-state index contributed by atoms with van der Waals surface area (Å²) in [5.74, 6) is 0.985. The zero-order valence-electron chi connectivity index (χ0n) is 11.5. The van der Waals surface area contributed by atoms with Crippen LogP contribution < -0.4 is 10.5 Å². The highest BCUT2D eigenvalue weighted by molar-refractivity contribution is 7.99. The molecule has 20 heavy (non-hydrogen) atoms. The van der Waals surface area contributed by atoms with Crippen molar-refractivity contribution in [1.82, 2.24) is 0 Å². The van der Waals surface area contributed by atoms with Crippen molar-refractivity contribution in [1.29, 1.82) is 0 Å². The van der Waals surface area contributed by atoms with Crippen LogP contribution in [-0.4, -0.2) is 36.7 Å². The maximum Gasteiger partial charge on any atom is 0.322 e. The van der Waals surface area contributed by atoms with E-state index in [-0.39, 0.29) is 17.5 Å². The van der Waals surface area contributed by atoms with Crippen LogP contribution in [0.5, 0.6) is 5.75 Å². The molecule has 1 aromatic carbocycles. The number of hydrogen-bond donors (Lipinski definition) is 1. The van der Waals surface area contributed by atoms with Gasteiger partial charge in [-0.2, -0.15) is 11.8 Å². The van der Waals surface area contributed by atoms with Gasteiger partial charge in [-0.25, -0.2) is 4.39 Å². The molecule has 0 aliphatic heterocycles. The molecule has 4 nitrogen and oxygen atoms in total. The van der Waals surface area contributed by atoms with Crippen molar-refractivity contribution < 1.29 is 18.7 Å². The Balaban J connectivity index is 2.08. The summed E-state index contributed by atoms with van der Waals surface area (Å²) in [7, 11) is 0. The summed E-state index contributed by atoms with van der Waals surface area (Å²) in [6, 6.07) is 5.73. The summed E-state index contributed by atoms with van der Waals surface area (Å²) in [5, 5.41) is 0. The second kappa shape index (κ2) is 9.61. The van der Waals surface area contributed by atoms with E-state index in [9.17, 15) is 9.18 Å². The van der Waals surface area contributed by atoms with E-state index >= 15 is 0 Å². The molecule has 0 fully saturated rings. The lowest BCUT2D eigenvalue weighted by atomic mass is 10.2. The Morgan fingerprint density at radius 3 is 2.85 bits per heavy atom. The highest BCUT2D eigenvalue weighted by Gasteiger charge is 2.13. The van der Waals surface area contributed by atoms with E-state index < -0.39 is 6.04 Å². The molecule has 6 heteroatoms. The van der Waals surface area contributed by atoms with Gasteiger partial charge in [0.05, 0.1) is 13.2 Å². The van der Waals surface area contributed by atoms with Crippen molar-refractivity contribution in [2.24, 2.45) is 5.73 Å². The summed E-state index contributed by atoms with van der Waals surface area (Å²) in [4.78, 5) is 11.3. The molecular formula is C14H20FNO3S. The van der Waals surface area contributed by atoms with Gasteiger partial charge in [0.15, 0.2) is 11.6 Å². The second-order valence-corrected chi connectivity index (χ2v) is 5.26. The minimum atomic E-state index is -0.574. The van der Waals surface area contributed by atoms with Crippen LogP contribution in [0.15, 0.2) is 24.3 Å². The third-order valence-electron chi connectivity index (χ3n) is 2.48. The van der Waals surface area contributed by atoms with Crippen molar-refractivity contribution in [2.75, 3.05) is 24.7 Å². The summed E-state index contributed by atoms with van der Waals surface area (Å²) < 4.78 is 23.4. The molecule has 1 rings (SSSR count). The monoisotopic (exact) mass is 301 g/mol. The number of ether oxygens (including phenoxy) is 2. The first-order valence-electron chi connectivity index (χ1n) is 6.52. The summed E-state index contributed by atoms with van der Waals surface area (Å²) >= 11 is 1.61. The lowest BCUT2D eigenvalue weighted by molar-refractivity contribution is -0.144.